The lowest BCUT2D eigenvalue weighted by Crippen LogP contribution is -2.34. The summed E-state index contributed by atoms with van der Waals surface area (Å²) < 4.78 is 5.31. The molecule has 1 aliphatic rings. The van der Waals surface area contributed by atoms with Crippen LogP contribution in [0.1, 0.15) is 43.7 Å². The van der Waals surface area contributed by atoms with Crippen LogP contribution in [-0.2, 0) is 0 Å². The molecule has 0 amide bonds. The van der Waals surface area contributed by atoms with Crippen molar-refractivity contribution in [2.75, 3.05) is 7.11 Å². The summed E-state index contributed by atoms with van der Waals surface area (Å²) in [5.74, 6) is 0.971. The van der Waals surface area contributed by atoms with E-state index < -0.39 is 12.1 Å². The Labute approximate surface area is 119 Å². The van der Waals surface area contributed by atoms with Crippen LogP contribution >= 0.6 is 11.6 Å². The largest absolute Gasteiger partial charge is 0.496 e. The molecule has 0 radical (unpaired) electrons. The lowest BCUT2D eigenvalue weighted by atomic mass is 9.81. The highest BCUT2D eigenvalue weighted by molar-refractivity contribution is 6.30. The Morgan fingerprint density at radius 1 is 1.32 bits per heavy atom. The number of rotatable bonds is 4. The lowest BCUT2D eigenvalue weighted by molar-refractivity contribution is 0.0611. The maximum absolute atomic E-state index is 10.5. The van der Waals surface area contributed by atoms with Gasteiger partial charge >= 0.3 is 0 Å². The predicted octanol–water partition coefficient (Wildman–Crippen LogP) is 3.29. The molecule has 1 fully saturated rings. The molecule has 1 aliphatic carbocycles. The van der Waals surface area contributed by atoms with Crippen molar-refractivity contribution in [1.82, 2.24) is 0 Å². The highest BCUT2D eigenvalue weighted by Crippen LogP contribution is 2.35. The van der Waals surface area contributed by atoms with Crippen molar-refractivity contribution >= 4 is 11.6 Å². The molecule has 3 nitrogen and oxygen atoms in total. The van der Waals surface area contributed by atoms with E-state index in [9.17, 15) is 5.11 Å². The zero-order chi connectivity index (χ0) is 13.8. The molecule has 1 saturated carbocycles. The predicted molar refractivity (Wildman–Crippen MR) is 77.5 cm³/mol. The summed E-state index contributed by atoms with van der Waals surface area (Å²) in [6.45, 7) is 0. The van der Waals surface area contributed by atoms with E-state index in [0.29, 0.717) is 10.8 Å². The molecule has 1 aromatic carbocycles. The number of methoxy groups -OCH3 is 1. The minimum Gasteiger partial charge on any atom is -0.496 e. The molecular weight excluding hydrogens is 262 g/mol. The Balaban J connectivity index is 2.17. The van der Waals surface area contributed by atoms with Gasteiger partial charge < -0.3 is 15.6 Å². The van der Waals surface area contributed by atoms with E-state index in [1.165, 1.54) is 19.3 Å². The van der Waals surface area contributed by atoms with Gasteiger partial charge in [-0.25, -0.2) is 0 Å². The van der Waals surface area contributed by atoms with Crippen molar-refractivity contribution in [1.29, 1.82) is 0 Å². The molecule has 2 rings (SSSR count). The zero-order valence-electron chi connectivity index (χ0n) is 11.3. The molecule has 0 heterocycles. The Hall–Kier alpha value is -0.770. The molecular formula is C15H22ClNO2. The first-order chi connectivity index (χ1) is 9.13. The Bertz CT molecular complexity index is 419. The second-order valence-corrected chi connectivity index (χ2v) is 5.74. The quantitative estimate of drug-likeness (QED) is 0.891. The summed E-state index contributed by atoms with van der Waals surface area (Å²) in [6.07, 6.45) is 5.20. The number of halogens is 1. The van der Waals surface area contributed by atoms with Crippen LogP contribution in [0.2, 0.25) is 5.02 Å². The summed E-state index contributed by atoms with van der Waals surface area (Å²) in [5, 5.41) is 11.1. The lowest BCUT2D eigenvalue weighted by Gasteiger charge is -2.31. The third-order valence-electron chi connectivity index (χ3n) is 4.05. The fraction of sp³-hybridized carbons (Fsp3) is 0.600. The minimum absolute atomic E-state index is 0.285. The van der Waals surface area contributed by atoms with E-state index in [1.54, 1.807) is 25.3 Å². The van der Waals surface area contributed by atoms with E-state index in [-0.39, 0.29) is 5.92 Å². The highest BCUT2D eigenvalue weighted by atomic mass is 35.5. The van der Waals surface area contributed by atoms with Crippen LogP contribution in [0.25, 0.3) is 0 Å². The van der Waals surface area contributed by atoms with Gasteiger partial charge in [-0.1, -0.05) is 30.9 Å². The average Bonchev–Trinajstić information content (AvgIpc) is 2.46. The number of aliphatic hydroxyl groups is 1. The van der Waals surface area contributed by atoms with Crippen LogP contribution in [0, 0.1) is 5.92 Å². The molecule has 0 unspecified atom stereocenters. The van der Waals surface area contributed by atoms with E-state index in [2.05, 4.69) is 0 Å². The number of hydrogen-bond donors (Lipinski definition) is 2. The molecule has 0 spiro atoms. The number of ether oxygens (including phenoxy) is 1. The van der Waals surface area contributed by atoms with Crippen LogP contribution in [0.4, 0.5) is 0 Å². The van der Waals surface area contributed by atoms with E-state index in [0.717, 1.165) is 18.4 Å². The number of aliphatic hydroxyl groups excluding tert-OH is 1. The Morgan fingerprint density at radius 3 is 2.63 bits per heavy atom. The first kappa shape index (κ1) is 14.6. The molecule has 19 heavy (non-hydrogen) atoms. The molecule has 0 bridgehead atoms. The van der Waals surface area contributed by atoms with Gasteiger partial charge in [0.05, 0.1) is 19.3 Å². The summed E-state index contributed by atoms with van der Waals surface area (Å²) >= 11 is 6.02. The molecule has 3 N–H and O–H groups in total. The maximum Gasteiger partial charge on any atom is 0.123 e. The van der Waals surface area contributed by atoms with Gasteiger partial charge in [0.1, 0.15) is 5.75 Å². The highest BCUT2D eigenvalue weighted by Gasteiger charge is 2.29. The number of benzene rings is 1. The van der Waals surface area contributed by atoms with Crippen LogP contribution in [0.5, 0.6) is 5.75 Å². The monoisotopic (exact) mass is 283 g/mol. The van der Waals surface area contributed by atoms with Gasteiger partial charge in [0, 0.05) is 10.6 Å². The summed E-state index contributed by atoms with van der Waals surface area (Å²) in [5.41, 5.74) is 7.01. The van der Waals surface area contributed by atoms with Gasteiger partial charge in [-0.15, -0.1) is 0 Å². The van der Waals surface area contributed by atoms with Crippen LogP contribution in [-0.4, -0.2) is 18.3 Å². The molecule has 0 aliphatic heterocycles. The van der Waals surface area contributed by atoms with Gasteiger partial charge in [0.15, 0.2) is 0 Å². The standard InChI is InChI=1S/C15H22ClNO2/c1-19-13-8-7-11(16)9-12(13)14(17)15(18)10-5-3-2-4-6-10/h7-10,14-15,18H,2-6,17H2,1H3/t14-,15+/m0/s1. The van der Waals surface area contributed by atoms with E-state index in [4.69, 9.17) is 22.1 Å². The third-order valence-corrected chi connectivity index (χ3v) is 4.29. The van der Waals surface area contributed by atoms with E-state index in [1.807, 2.05) is 0 Å². The van der Waals surface area contributed by atoms with Gasteiger partial charge in [0.25, 0.3) is 0 Å². The average molecular weight is 284 g/mol. The van der Waals surface area contributed by atoms with Crippen LogP contribution in [0.15, 0.2) is 18.2 Å². The molecule has 2 atom stereocenters. The van der Waals surface area contributed by atoms with E-state index >= 15 is 0 Å². The van der Waals surface area contributed by atoms with Crippen molar-refractivity contribution in [3.63, 3.8) is 0 Å². The van der Waals surface area contributed by atoms with Crippen molar-refractivity contribution in [2.24, 2.45) is 11.7 Å². The summed E-state index contributed by atoms with van der Waals surface area (Å²) in [4.78, 5) is 0. The van der Waals surface area contributed by atoms with Gasteiger partial charge in [0.2, 0.25) is 0 Å². The zero-order valence-corrected chi connectivity index (χ0v) is 12.1. The van der Waals surface area contributed by atoms with Crippen LogP contribution < -0.4 is 10.5 Å². The van der Waals surface area contributed by atoms with Crippen molar-refractivity contribution in [2.45, 2.75) is 44.2 Å². The van der Waals surface area contributed by atoms with Crippen LogP contribution in [0.3, 0.4) is 0 Å². The van der Waals surface area contributed by atoms with Crippen molar-refractivity contribution in [3.8, 4) is 5.75 Å². The van der Waals surface area contributed by atoms with Gasteiger partial charge in [-0.05, 0) is 37.0 Å². The number of nitrogens with two attached hydrogens (primary N) is 1. The molecule has 0 aromatic heterocycles. The SMILES string of the molecule is COc1ccc(Cl)cc1[C@H](N)[C@H](O)C1CCCCC1. The normalized spacial score (nSPS) is 20.0. The first-order valence-corrected chi connectivity index (χ1v) is 7.28. The number of hydrogen-bond acceptors (Lipinski definition) is 3. The topological polar surface area (TPSA) is 55.5 Å². The minimum atomic E-state index is -0.535. The summed E-state index contributed by atoms with van der Waals surface area (Å²) in [7, 11) is 1.60. The van der Waals surface area contributed by atoms with Gasteiger partial charge in [-0.2, -0.15) is 0 Å². The third kappa shape index (κ3) is 3.41. The fourth-order valence-electron chi connectivity index (χ4n) is 2.92. The molecule has 4 heteroatoms. The maximum atomic E-state index is 10.5. The molecule has 0 saturated heterocycles. The van der Waals surface area contributed by atoms with Gasteiger partial charge in [-0.3, -0.25) is 0 Å². The fourth-order valence-corrected chi connectivity index (χ4v) is 3.10. The Morgan fingerprint density at radius 2 is 2.00 bits per heavy atom. The Kier molecular flexibility index (Phi) is 5.08. The molecule has 1 aromatic rings. The smallest absolute Gasteiger partial charge is 0.123 e. The van der Waals surface area contributed by atoms with Crippen molar-refractivity contribution < 1.29 is 9.84 Å². The van der Waals surface area contributed by atoms with Crippen molar-refractivity contribution in [3.05, 3.63) is 28.8 Å². The first-order valence-electron chi connectivity index (χ1n) is 6.90. The second-order valence-electron chi connectivity index (χ2n) is 5.30. The summed E-state index contributed by atoms with van der Waals surface area (Å²) in [6, 6.07) is 4.91. The molecule has 106 valence electrons. The second kappa shape index (κ2) is 6.60.